The third kappa shape index (κ3) is 1.96. The van der Waals surface area contributed by atoms with Crippen LogP contribution in [0.15, 0.2) is 0 Å². The van der Waals surface area contributed by atoms with Gasteiger partial charge >= 0.3 is 17.7 Å². The van der Waals surface area contributed by atoms with Crippen LogP contribution in [0.1, 0.15) is 19.8 Å². The number of carboxylic acid groups (broad SMARTS) is 2. The van der Waals surface area contributed by atoms with E-state index in [9.17, 15) is 9.59 Å². The third-order valence-corrected chi connectivity index (χ3v) is 2.00. The van der Waals surface area contributed by atoms with Crippen LogP contribution in [0.25, 0.3) is 0 Å². The Morgan fingerprint density at radius 3 is 2.23 bits per heavy atom. The molecule has 0 saturated carbocycles. The summed E-state index contributed by atoms with van der Waals surface area (Å²) in [7, 11) is 0. The van der Waals surface area contributed by atoms with E-state index >= 15 is 0 Å². The molecular formula is C7H10O6. The van der Waals surface area contributed by atoms with Crippen LogP contribution in [-0.2, 0) is 19.4 Å². The number of hydrogen-bond donors (Lipinski definition) is 2. The molecule has 1 aliphatic rings. The molecule has 1 atom stereocenters. The highest BCUT2D eigenvalue weighted by molar-refractivity contribution is 5.77. The maximum absolute atomic E-state index is 10.6. The normalized spacial score (nSPS) is 20.7. The van der Waals surface area contributed by atoms with Gasteiger partial charge in [0.15, 0.2) is 0 Å². The monoisotopic (exact) mass is 190 g/mol. The van der Waals surface area contributed by atoms with Gasteiger partial charge < -0.3 is 10.2 Å². The highest BCUT2D eigenvalue weighted by atomic mass is 17.4. The van der Waals surface area contributed by atoms with E-state index in [1.54, 1.807) is 6.92 Å². The summed E-state index contributed by atoms with van der Waals surface area (Å²) in [6.07, 6.45) is 0.116. The SMILES string of the molecule is CC(CCC(=O)O)C1(C(=O)O)OO1. The predicted molar refractivity (Wildman–Crippen MR) is 38.6 cm³/mol. The molecule has 6 heteroatoms. The molecule has 1 heterocycles. The summed E-state index contributed by atoms with van der Waals surface area (Å²) in [4.78, 5) is 29.5. The summed E-state index contributed by atoms with van der Waals surface area (Å²) < 4.78 is 0. The molecule has 0 aromatic carbocycles. The fraction of sp³-hybridized carbons (Fsp3) is 0.714. The maximum Gasteiger partial charge on any atom is 0.370 e. The Labute approximate surface area is 74.0 Å². The van der Waals surface area contributed by atoms with E-state index in [1.807, 2.05) is 0 Å². The molecule has 0 aromatic rings. The average molecular weight is 190 g/mol. The number of rotatable bonds is 5. The van der Waals surface area contributed by atoms with Crippen molar-refractivity contribution >= 4 is 11.9 Å². The van der Waals surface area contributed by atoms with E-state index in [2.05, 4.69) is 9.78 Å². The van der Waals surface area contributed by atoms with Crippen LogP contribution in [0.3, 0.4) is 0 Å². The smallest absolute Gasteiger partial charge is 0.370 e. The van der Waals surface area contributed by atoms with E-state index in [1.165, 1.54) is 0 Å². The van der Waals surface area contributed by atoms with Crippen LogP contribution < -0.4 is 0 Å². The molecule has 0 aromatic heterocycles. The third-order valence-electron chi connectivity index (χ3n) is 2.00. The largest absolute Gasteiger partial charge is 0.481 e. The minimum Gasteiger partial charge on any atom is -0.481 e. The molecule has 74 valence electrons. The minimum atomic E-state index is -1.60. The Kier molecular flexibility index (Phi) is 2.53. The number of aliphatic carboxylic acids is 2. The molecule has 1 unspecified atom stereocenters. The number of carbonyl (C=O) groups is 2. The van der Waals surface area contributed by atoms with Crippen molar-refractivity contribution < 1.29 is 29.6 Å². The van der Waals surface area contributed by atoms with Gasteiger partial charge in [0.1, 0.15) is 0 Å². The lowest BCUT2D eigenvalue weighted by atomic mass is 9.97. The lowest BCUT2D eigenvalue weighted by Crippen LogP contribution is -2.31. The Bertz CT molecular complexity index is 231. The summed E-state index contributed by atoms with van der Waals surface area (Å²) in [6, 6.07) is 0. The first-order valence-corrected chi connectivity index (χ1v) is 3.81. The quantitative estimate of drug-likeness (QED) is 0.475. The number of carboxylic acids is 2. The van der Waals surface area contributed by atoms with Crippen LogP contribution in [0.4, 0.5) is 0 Å². The van der Waals surface area contributed by atoms with Gasteiger partial charge in [-0.05, 0) is 6.42 Å². The van der Waals surface area contributed by atoms with Crippen molar-refractivity contribution in [3.05, 3.63) is 0 Å². The van der Waals surface area contributed by atoms with Crippen molar-refractivity contribution in [2.45, 2.75) is 25.6 Å². The van der Waals surface area contributed by atoms with E-state index in [-0.39, 0.29) is 12.8 Å². The molecule has 0 amide bonds. The molecule has 0 aliphatic carbocycles. The first kappa shape index (κ1) is 9.94. The lowest BCUT2D eigenvalue weighted by Gasteiger charge is -2.09. The zero-order valence-corrected chi connectivity index (χ0v) is 7.02. The second-order valence-electron chi connectivity index (χ2n) is 2.97. The molecule has 1 fully saturated rings. The lowest BCUT2D eigenvalue weighted by molar-refractivity contribution is -0.147. The van der Waals surface area contributed by atoms with Crippen molar-refractivity contribution in [3.63, 3.8) is 0 Å². The molecule has 2 N–H and O–H groups in total. The second kappa shape index (κ2) is 3.31. The fourth-order valence-electron chi connectivity index (χ4n) is 1.02. The fourth-order valence-corrected chi connectivity index (χ4v) is 1.02. The first-order chi connectivity index (χ1) is 5.99. The molecule has 0 bridgehead atoms. The van der Waals surface area contributed by atoms with Gasteiger partial charge in [-0.15, -0.1) is 0 Å². The predicted octanol–water partition coefficient (Wildman–Crippen LogP) is 0.230. The molecule has 13 heavy (non-hydrogen) atoms. The highest BCUT2D eigenvalue weighted by Crippen LogP contribution is 2.39. The zero-order chi connectivity index (χ0) is 10.1. The van der Waals surface area contributed by atoms with E-state index in [4.69, 9.17) is 10.2 Å². The van der Waals surface area contributed by atoms with Crippen LogP contribution in [0.2, 0.25) is 0 Å². The summed E-state index contributed by atoms with van der Waals surface area (Å²) in [5, 5.41) is 17.0. The molecule has 1 aliphatic heterocycles. The Balaban J connectivity index is 2.43. The van der Waals surface area contributed by atoms with Crippen molar-refractivity contribution in [1.82, 2.24) is 0 Å². The van der Waals surface area contributed by atoms with Gasteiger partial charge in [0.2, 0.25) is 0 Å². The average Bonchev–Trinajstić information content (AvgIpc) is 2.79. The number of hydrogen-bond acceptors (Lipinski definition) is 4. The molecule has 0 radical (unpaired) electrons. The van der Waals surface area contributed by atoms with Gasteiger partial charge in [0, 0.05) is 12.3 Å². The van der Waals surface area contributed by atoms with E-state index < -0.39 is 23.6 Å². The first-order valence-electron chi connectivity index (χ1n) is 3.81. The van der Waals surface area contributed by atoms with Gasteiger partial charge in [0.25, 0.3) is 0 Å². The topological polar surface area (TPSA) is 99.7 Å². The summed E-state index contributed by atoms with van der Waals surface area (Å²) >= 11 is 0. The second-order valence-corrected chi connectivity index (χ2v) is 2.97. The van der Waals surface area contributed by atoms with Crippen LogP contribution in [-0.4, -0.2) is 27.9 Å². The Morgan fingerprint density at radius 1 is 1.38 bits per heavy atom. The van der Waals surface area contributed by atoms with Gasteiger partial charge in [-0.3, -0.25) is 4.79 Å². The maximum atomic E-state index is 10.6. The van der Waals surface area contributed by atoms with Gasteiger partial charge in [-0.2, -0.15) is 9.78 Å². The van der Waals surface area contributed by atoms with Crippen molar-refractivity contribution in [2.24, 2.45) is 5.92 Å². The molecule has 0 spiro atoms. The standard InChI is InChI=1S/C7H10O6/c1-4(2-3-5(8)9)7(6(10)11)12-13-7/h4H,2-3H2,1H3,(H,8,9)(H,10,11). The van der Waals surface area contributed by atoms with Gasteiger partial charge in [-0.25, -0.2) is 4.79 Å². The highest BCUT2D eigenvalue weighted by Gasteiger charge is 2.61. The molecule has 1 saturated heterocycles. The Hall–Kier alpha value is -1.14. The van der Waals surface area contributed by atoms with Gasteiger partial charge in [-0.1, -0.05) is 6.92 Å². The van der Waals surface area contributed by atoms with Crippen LogP contribution in [0, 0.1) is 5.92 Å². The van der Waals surface area contributed by atoms with E-state index in [0.29, 0.717) is 0 Å². The summed E-state index contributed by atoms with van der Waals surface area (Å²) in [6.45, 7) is 1.57. The Morgan fingerprint density at radius 2 is 1.92 bits per heavy atom. The van der Waals surface area contributed by atoms with Crippen molar-refractivity contribution in [3.8, 4) is 0 Å². The molecule has 1 rings (SSSR count). The zero-order valence-electron chi connectivity index (χ0n) is 7.02. The minimum absolute atomic E-state index is 0.0943. The van der Waals surface area contributed by atoms with Crippen molar-refractivity contribution in [1.29, 1.82) is 0 Å². The van der Waals surface area contributed by atoms with Crippen LogP contribution >= 0.6 is 0 Å². The summed E-state index contributed by atoms with van der Waals surface area (Å²) in [5.41, 5.74) is 0. The molecule has 6 nitrogen and oxygen atoms in total. The van der Waals surface area contributed by atoms with E-state index in [0.717, 1.165) is 0 Å². The van der Waals surface area contributed by atoms with Gasteiger partial charge in [0.05, 0.1) is 0 Å². The van der Waals surface area contributed by atoms with Crippen LogP contribution in [0.5, 0.6) is 0 Å². The molecular weight excluding hydrogens is 180 g/mol. The van der Waals surface area contributed by atoms with Crippen molar-refractivity contribution in [2.75, 3.05) is 0 Å². The summed E-state index contributed by atoms with van der Waals surface area (Å²) in [5.74, 6) is -4.25.